The van der Waals surface area contributed by atoms with Crippen molar-refractivity contribution >= 4 is 21.8 Å². The molecule has 3 rings (SSSR count). The zero-order valence-electron chi connectivity index (χ0n) is 16.2. The molecule has 0 bridgehead atoms. The van der Waals surface area contributed by atoms with E-state index in [1.165, 1.54) is 23.1 Å². The molecule has 0 aliphatic carbocycles. The fourth-order valence-corrected chi connectivity index (χ4v) is 5.16. The van der Waals surface area contributed by atoms with E-state index < -0.39 is 9.84 Å². The highest BCUT2D eigenvalue weighted by Gasteiger charge is 2.31. The largest absolute Gasteiger partial charge is 0.338 e. The summed E-state index contributed by atoms with van der Waals surface area (Å²) in [5.74, 6) is -0.342. The van der Waals surface area contributed by atoms with Crippen molar-refractivity contribution in [1.29, 1.82) is 0 Å². The Morgan fingerprint density at radius 2 is 2.07 bits per heavy atom. The van der Waals surface area contributed by atoms with Crippen molar-refractivity contribution in [2.75, 3.05) is 18.6 Å². The Bertz CT molecular complexity index is 1030. The third-order valence-electron chi connectivity index (χ3n) is 5.11. The minimum atomic E-state index is -3.00. The SMILES string of the molecule is Cc1nn([C@@H]2CCS(=O)(=O)C2)c(C)c1CN(C)C(=O)/C=C/c1ccccc1F. The second-order valence-electron chi connectivity index (χ2n) is 7.20. The van der Waals surface area contributed by atoms with Gasteiger partial charge in [0.25, 0.3) is 0 Å². The smallest absolute Gasteiger partial charge is 0.246 e. The number of likely N-dealkylation sites (N-methyl/N-ethyl adjacent to an activating group) is 1. The topological polar surface area (TPSA) is 72.3 Å². The van der Waals surface area contributed by atoms with Crippen molar-refractivity contribution in [3.8, 4) is 0 Å². The molecule has 1 saturated heterocycles. The van der Waals surface area contributed by atoms with Gasteiger partial charge in [0.15, 0.2) is 9.84 Å². The van der Waals surface area contributed by atoms with Gasteiger partial charge in [0.2, 0.25) is 5.91 Å². The summed E-state index contributed by atoms with van der Waals surface area (Å²) in [6, 6.07) is 6.10. The van der Waals surface area contributed by atoms with Crippen LogP contribution in [0.15, 0.2) is 30.3 Å². The highest BCUT2D eigenvalue weighted by atomic mass is 32.2. The molecule has 0 radical (unpaired) electrons. The maximum Gasteiger partial charge on any atom is 0.246 e. The van der Waals surface area contributed by atoms with E-state index in [1.54, 1.807) is 29.9 Å². The highest BCUT2D eigenvalue weighted by molar-refractivity contribution is 7.91. The number of rotatable bonds is 5. The van der Waals surface area contributed by atoms with Crippen LogP contribution < -0.4 is 0 Å². The molecule has 0 N–H and O–H groups in total. The van der Waals surface area contributed by atoms with Crippen molar-refractivity contribution in [2.24, 2.45) is 0 Å². The molecule has 0 spiro atoms. The van der Waals surface area contributed by atoms with Crippen LogP contribution in [-0.2, 0) is 21.2 Å². The van der Waals surface area contributed by atoms with E-state index in [0.29, 0.717) is 18.5 Å². The summed E-state index contributed by atoms with van der Waals surface area (Å²) in [5.41, 5.74) is 2.91. The molecule has 1 fully saturated rings. The van der Waals surface area contributed by atoms with Crippen molar-refractivity contribution < 1.29 is 17.6 Å². The molecule has 2 aromatic rings. The van der Waals surface area contributed by atoms with Crippen LogP contribution in [0.5, 0.6) is 0 Å². The number of nitrogens with zero attached hydrogens (tertiary/aromatic N) is 3. The summed E-state index contributed by atoms with van der Waals surface area (Å²) in [6.07, 6.45) is 3.36. The zero-order chi connectivity index (χ0) is 20.5. The average Bonchev–Trinajstić information content (AvgIpc) is 3.14. The molecule has 6 nitrogen and oxygen atoms in total. The monoisotopic (exact) mass is 405 g/mol. The second-order valence-corrected chi connectivity index (χ2v) is 9.43. The van der Waals surface area contributed by atoms with Gasteiger partial charge in [0.05, 0.1) is 23.2 Å². The van der Waals surface area contributed by atoms with E-state index >= 15 is 0 Å². The van der Waals surface area contributed by atoms with Gasteiger partial charge in [-0.15, -0.1) is 0 Å². The van der Waals surface area contributed by atoms with Crippen LogP contribution >= 0.6 is 0 Å². The quantitative estimate of drug-likeness (QED) is 0.717. The fraction of sp³-hybridized carbons (Fsp3) is 0.400. The lowest BCUT2D eigenvalue weighted by molar-refractivity contribution is -0.125. The lowest BCUT2D eigenvalue weighted by Gasteiger charge is -2.16. The number of aryl methyl sites for hydroxylation is 1. The Kier molecular flexibility index (Phi) is 5.69. The first-order valence-corrected chi connectivity index (χ1v) is 10.9. The zero-order valence-corrected chi connectivity index (χ0v) is 17.0. The van der Waals surface area contributed by atoms with Gasteiger partial charge in [-0.05, 0) is 32.4 Å². The van der Waals surface area contributed by atoms with Crippen LogP contribution in [0.4, 0.5) is 4.39 Å². The van der Waals surface area contributed by atoms with Gasteiger partial charge < -0.3 is 4.90 Å². The second kappa shape index (κ2) is 7.87. The van der Waals surface area contributed by atoms with E-state index in [-0.39, 0.29) is 29.3 Å². The van der Waals surface area contributed by atoms with Crippen molar-refractivity contribution in [2.45, 2.75) is 32.9 Å². The number of carbonyl (C=O) groups is 1. The number of benzene rings is 1. The first kappa shape index (κ1) is 20.3. The molecule has 0 unspecified atom stereocenters. The molecule has 2 heterocycles. The third-order valence-corrected chi connectivity index (χ3v) is 6.86. The molecular formula is C20H24FN3O3S. The number of amides is 1. The van der Waals surface area contributed by atoms with E-state index in [1.807, 2.05) is 13.8 Å². The molecule has 1 aliphatic heterocycles. The fourth-order valence-electron chi connectivity index (χ4n) is 3.46. The van der Waals surface area contributed by atoms with Crippen LogP contribution in [0.3, 0.4) is 0 Å². The number of aromatic nitrogens is 2. The molecule has 1 aliphatic rings. The van der Waals surface area contributed by atoms with Crippen LogP contribution in [0.25, 0.3) is 6.08 Å². The van der Waals surface area contributed by atoms with Gasteiger partial charge in [-0.2, -0.15) is 5.10 Å². The Morgan fingerprint density at radius 1 is 1.36 bits per heavy atom. The number of hydrogen-bond acceptors (Lipinski definition) is 4. The van der Waals surface area contributed by atoms with Gasteiger partial charge in [0, 0.05) is 36.5 Å². The minimum absolute atomic E-state index is 0.106. The summed E-state index contributed by atoms with van der Waals surface area (Å²) in [7, 11) is -1.33. The number of halogens is 1. The number of hydrogen-bond donors (Lipinski definition) is 0. The lowest BCUT2D eigenvalue weighted by Crippen LogP contribution is -2.25. The molecule has 0 saturated carbocycles. The van der Waals surface area contributed by atoms with Gasteiger partial charge in [-0.3, -0.25) is 9.48 Å². The van der Waals surface area contributed by atoms with Crippen LogP contribution in [-0.4, -0.2) is 47.6 Å². The Morgan fingerprint density at radius 3 is 2.71 bits per heavy atom. The third kappa shape index (κ3) is 4.32. The van der Waals surface area contributed by atoms with Crippen LogP contribution in [0.1, 0.15) is 35.0 Å². The summed E-state index contributed by atoms with van der Waals surface area (Å²) in [6.45, 7) is 4.10. The molecular weight excluding hydrogens is 381 g/mol. The van der Waals surface area contributed by atoms with E-state index in [2.05, 4.69) is 5.10 Å². The molecule has 1 aromatic carbocycles. The summed E-state index contributed by atoms with van der Waals surface area (Å²) >= 11 is 0. The number of sulfone groups is 1. The maximum absolute atomic E-state index is 13.7. The summed E-state index contributed by atoms with van der Waals surface area (Å²) in [5, 5.41) is 4.52. The standard InChI is InChI=1S/C20H24FN3O3S/c1-14-18(15(2)24(22-14)17-10-11-28(26,27)13-17)12-23(3)20(25)9-8-16-6-4-5-7-19(16)21/h4-9,17H,10-13H2,1-3H3/b9-8+/t17-/m1/s1. The molecule has 1 amide bonds. The summed E-state index contributed by atoms with van der Waals surface area (Å²) in [4.78, 5) is 13.9. The number of carbonyl (C=O) groups excluding carboxylic acids is 1. The minimum Gasteiger partial charge on any atom is -0.338 e. The Balaban J connectivity index is 1.73. The predicted octanol–water partition coefficient (Wildman–Crippen LogP) is 2.67. The normalized spacial score (nSPS) is 18.6. The molecule has 150 valence electrons. The predicted molar refractivity (Wildman–Crippen MR) is 106 cm³/mol. The van der Waals surface area contributed by atoms with Gasteiger partial charge in [0.1, 0.15) is 5.82 Å². The van der Waals surface area contributed by atoms with E-state index in [9.17, 15) is 17.6 Å². The van der Waals surface area contributed by atoms with Crippen molar-refractivity contribution in [3.05, 3.63) is 58.7 Å². The van der Waals surface area contributed by atoms with E-state index in [4.69, 9.17) is 0 Å². The first-order valence-electron chi connectivity index (χ1n) is 9.10. The molecule has 1 aromatic heterocycles. The summed E-state index contributed by atoms with van der Waals surface area (Å²) < 4.78 is 39.0. The highest BCUT2D eigenvalue weighted by Crippen LogP contribution is 2.27. The van der Waals surface area contributed by atoms with Gasteiger partial charge in [-0.25, -0.2) is 12.8 Å². The van der Waals surface area contributed by atoms with Crippen LogP contribution in [0.2, 0.25) is 0 Å². The van der Waals surface area contributed by atoms with Crippen molar-refractivity contribution in [3.63, 3.8) is 0 Å². The van der Waals surface area contributed by atoms with Crippen LogP contribution in [0, 0.1) is 19.7 Å². The molecule has 8 heteroatoms. The molecule has 28 heavy (non-hydrogen) atoms. The molecule has 1 atom stereocenters. The maximum atomic E-state index is 13.7. The first-order chi connectivity index (χ1) is 13.2. The average molecular weight is 405 g/mol. The van der Waals surface area contributed by atoms with Gasteiger partial charge >= 0.3 is 0 Å². The Labute approximate surface area is 164 Å². The van der Waals surface area contributed by atoms with E-state index in [0.717, 1.165) is 17.0 Å². The van der Waals surface area contributed by atoms with Crippen molar-refractivity contribution in [1.82, 2.24) is 14.7 Å². The van der Waals surface area contributed by atoms with Gasteiger partial charge in [-0.1, -0.05) is 18.2 Å². The Hall–Kier alpha value is -2.48. The lowest BCUT2D eigenvalue weighted by atomic mass is 10.1.